The van der Waals surface area contributed by atoms with Crippen LogP contribution in [0.3, 0.4) is 0 Å². The Morgan fingerprint density at radius 3 is 2.75 bits per heavy atom. The molecule has 1 rings (SSSR count). The number of nitrogens with one attached hydrogen (secondary N) is 2. The van der Waals surface area contributed by atoms with Crippen LogP contribution in [0.1, 0.15) is 17.3 Å². The Balaban J connectivity index is 2.66. The summed E-state index contributed by atoms with van der Waals surface area (Å²) in [5, 5.41) is 5.80. The molecular formula is C11H17N3O2. The number of aromatic nitrogens is 1. The third kappa shape index (κ3) is 3.20. The van der Waals surface area contributed by atoms with Crippen LogP contribution < -0.4 is 16.2 Å². The maximum absolute atomic E-state index is 11.7. The van der Waals surface area contributed by atoms with Gasteiger partial charge in [0.1, 0.15) is 0 Å². The lowest BCUT2D eigenvalue weighted by atomic mass is 10.2. The number of aryl methyl sites for hydroxylation is 1. The minimum absolute atomic E-state index is 0.125. The Bertz CT molecular complexity index is 425. The highest BCUT2D eigenvalue weighted by molar-refractivity contribution is 5.93. The van der Waals surface area contributed by atoms with E-state index in [1.54, 1.807) is 7.05 Å². The van der Waals surface area contributed by atoms with Crippen LogP contribution in [0.25, 0.3) is 0 Å². The van der Waals surface area contributed by atoms with E-state index in [0.717, 1.165) is 0 Å². The summed E-state index contributed by atoms with van der Waals surface area (Å²) >= 11 is 0. The molecule has 0 radical (unpaired) electrons. The molecule has 0 aromatic carbocycles. The molecule has 5 nitrogen and oxygen atoms in total. The maximum Gasteiger partial charge on any atom is 0.252 e. The van der Waals surface area contributed by atoms with E-state index in [-0.39, 0.29) is 17.5 Å². The molecule has 0 aliphatic carbocycles. The molecule has 1 atom stereocenters. The van der Waals surface area contributed by atoms with Crippen molar-refractivity contribution < 1.29 is 4.79 Å². The summed E-state index contributed by atoms with van der Waals surface area (Å²) in [6, 6.07) is 3.13. The fourth-order valence-electron chi connectivity index (χ4n) is 1.18. The highest BCUT2D eigenvalue weighted by Crippen LogP contribution is 1.94. The zero-order chi connectivity index (χ0) is 12.1. The van der Waals surface area contributed by atoms with Crippen LogP contribution in [0.4, 0.5) is 0 Å². The topological polar surface area (TPSA) is 63.1 Å². The van der Waals surface area contributed by atoms with E-state index in [2.05, 4.69) is 10.6 Å². The zero-order valence-corrected chi connectivity index (χ0v) is 9.78. The van der Waals surface area contributed by atoms with Crippen molar-refractivity contribution in [1.82, 2.24) is 15.2 Å². The lowest BCUT2D eigenvalue weighted by Gasteiger charge is -2.11. The number of hydrogen-bond acceptors (Lipinski definition) is 3. The Morgan fingerprint density at radius 2 is 2.19 bits per heavy atom. The lowest BCUT2D eigenvalue weighted by Crippen LogP contribution is -2.37. The summed E-state index contributed by atoms with van der Waals surface area (Å²) in [7, 11) is 3.46. The molecule has 1 aromatic rings. The molecule has 0 spiro atoms. The molecule has 5 heteroatoms. The van der Waals surface area contributed by atoms with Crippen molar-refractivity contribution in [1.29, 1.82) is 0 Å². The van der Waals surface area contributed by atoms with Crippen molar-refractivity contribution in [2.75, 3.05) is 13.6 Å². The molecule has 0 fully saturated rings. The van der Waals surface area contributed by atoms with Crippen molar-refractivity contribution in [3.05, 3.63) is 34.2 Å². The lowest BCUT2D eigenvalue weighted by molar-refractivity contribution is 0.0950. The van der Waals surface area contributed by atoms with Gasteiger partial charge in [0.05, 0.1) is 5.56 Å². The Morgan fingerprint density at radius 1 is 1.50 bits per heavy atom. The highest BCUT2D eigenvalue weighted by atomic mass is 16.2. The summed E-state index contributed by atoms with van der Waals surface area (Å²) in [6.45, 7) is 2.53. The van der Waals surface area contributed by atoms with E-state index in [0.29, 0.717) is 12.1 Å². The zero-order valence-electron chi connectivity index (χ0n) is 9.78. The second-order valence-electron chi connectivity index (χ2n) is 3.77. The van der Waals surface area contributed by atoms with Gasteiger partial charge >= 0.3 is 0 Å². The molecule has 0 bridgehead atoms. The molecule has 88 valence electrons. The number of carbonyl (C=O) groups excluding carboxylic acids is 1. The number of hydrogen-bond donors (Lipinski definition) is 2. The first-order valence-corrected chi connectivity index (χ1v) is 5.16. The predicted molar refractivity (Wildman–Crippen MR) is 62.5 cm³/mol. The van der Waals surface area contributed by atoms with Crippen molar-refractivity contribution in [2.24, 2.45) is 7.05 Å². The summed E-state index contributed by atoms with van der Waals surface area (Å²) in [5.74, 6) is -0.169. The molecule has 0 saturated heterocycles. The van der Waals surface area contributed by atoms with Gasteiger partial charge in [0.2, 0.25) is 5.56 Å². The Kier molecular flexibility index (Phi) is 4.25. The van der Waals surface area contributed by atoms with Crippen molar-refractivity contribution >= 4 is 5.91 Å². The molecule has 1 heterocycles. The highest BCUT2D eigenvalue weighted by Gasteiger charge is 2.07. The first-order chi connectivity index (χ1) is 7.54. The molecule has 0 aliphatic rings. The van der Waals surface area contributed by atoms with E-state index in [1.807, 2.05) is 14.0 Å². The average molecular weight is 223 g/mol. The van der Waals surface area contributed by atoms with Crippen LogP contribution in [0.5, 0.6) is 0 Å². The number of pyridine rings is 1. The normalized spacial score (nSPS) is 12.2. The number of amides is 1. The van der Waals surface area contributed by atoms with Crippen LogP contribution in [-0.2, 0) is 7.05 Å². The van der Waals surface area contributed by atoms with Gasteiger partial charge in [-0.3, -0.25) is 9.59 Å². The summed E-state index contributed by atoms with van der Waals surface area (Å²) in [5.41, 5.74) is 0.366. The van der Waals surface area contributed by atoms with Gasteiger partial charge in [-0.1, -0.05) is 0 Å². The summed E-state index contributed by atoms with van der Waals surface area (Å²) < 4.78 is 1.39. The second kappa shape index (κ2) is 5.46. The number of nitrogens with zero attached hydrogens (tertiary/aromatic N) is 1. The molecular weight excluding hydrogens is 206 g/mol. The van der Waals surface area contributed by atoms with Gasteiger partial charge in [-0.15, -0.1) is 0 Å². The van der Waals surface area contributed by atoms with Crippen LogP contribution >= 0.6 is 0 Å². The van der Waals surface area contributed by atoms with Gasteiger partial charge in [-0.05, 0) is 20.0 Å². The third-order valence-corrected chi connectivity index (χ3v) is 2.41. The molecule has 2 N–H and O–H groups in total. The van der Waals surface area contributed by atoms with Gasteiger partial charge in [0.25, 0.3) is 5.91 Å². The van der Waals surface area contributed by atoms with Crippen LogP contribution in [0.15, 0.2) is 23.1 Å². The standard InChI is InChI=1S/C11H17N3O2/c1-8(12-2)6-13-11(16)9-4-5-10(15)14(3)7-9/h4-5,7-8,12H,6H2,1-3H3,(H,13,16). The molecule has 1 amide bonds. The Labute approximate surface area is 94.5 Å². The van der Waals surface area contributed by atoms with E-state index < -0.39 is 0 Å². The molecule has 0 aliphatic heterocycles. The average Bonchev–Trinajstić information content (AvgIpc) is 2.29. The summed E-state index contributed by atoms with van der Waals surface area (Å²) in [6.07, 6.45) is 1.53. The predicted octanol–water partition coefficient (Wildman–Crippen LogP) is -0.277. The quantitative estimate of drug-likeness (QED) is 0.738. The van der Waals surface area contributed by atoms with Gasteiger partial charge in [-0.25, -0.2) is 0 Å². The number of carbonyl (C=O) groups is 1. The van der Waals surface area contributed by atoms with Crippen molar-refractivity contribution in [2.45, 2.75) is 13.0 Å². The molecule has 16 heavy (non-hydrogen) atoms. The van der Waals surface area contributed by atoms with E-state index in [1.165, 1.54) is 22.9 Å². The SMILES string of the molecule is CNC(C)CNC(=O)c1ccc(=O)n(C)c1. The van der Waals surface area contributed by atoms with Gasteiger partial charge in [0.15, 0.2) is 0 Å². The van der Waals surface area contributed by atoms with Gasteiger partial charge < -0.3 is 15.2 Å². The number of likely N-dealkylation sites (N-methyl/N-ethyl adjacent to an activating group) is 1. The maximum atomic E-state index is 11.7. The minimum Gasteiger partial charge on any atom is -0.350 e. The van der Waals surface area contributed by atoms with Gasteiger partial charge in [-0.2, -0.15) is 0 Å². The largest absolute Gasteiger partial charge is 0.350 e. The van der Waals surface area contributed by atoms with Crippen LogP contribution in [0, 0.1) is 0 Å². The van der Waals surface area contributed by atoms with Gasteiger partial charge in [0, 0.05) is 31.9 Å². The fourth-order valence-corrected chi connectivity index (χ4v) is 1.18. The third-order valence-electron chi connectivity index (χ3n) is 2.41. The molecule has 1 aromatic heterocycles. The van der Waals surface area contributed by atoms with Crippen molar-refractivity contribution in [3.63, 3.8) is 0 Å². The molecule has 1 unspecified atom stereocenters. The van der Waals surface area contributed by atoms with Crippen LogP contribution in [-0.4, -0.2) is 30.1 Å². The fraction of sp³-hybridized carbons (Fsp3) is 0.455. The summed E-state index contributed by atoms with van der Waals surface area (Å²) in [4.78, 5) is 22.8. The van der Waals surface area contributed by atoms with E-state index in [4.69, 9.17) is 0 Å². The van der Waals surface area contributed by atoms with E-state index >= 15 is 0 Å². The van der Waals surface area contributed by atoms with Crippen LogP contribution in [0.2, 0.25) is 0 Å². The molecule has 0 saturated carbocycles. The first-order valence-electron chi connectivity index (χ1n) is 5.16. The number of rotatable bonds is 4. The second-order valence-corrected chi connectivity index (χ2v) is 3.77. The minimum atomic E-state index is -0.169. The monoisotopic (exact) mass is 223 g/mol. The smallest absolute Gasteiger partial charge is 0.252 e. The van der Waals surface area contributed by atoms with Crippen molar-refractivity contribution in [3.8, 4) is 0 Å². The van der Waals surface area contributed by atoms with E-state index in [9.17, 15) is 9.59 Å². The first kappa shape index (κ1) is 12.4. The Hall–Kier alpha value is -1.62.